The number of methoxy groups -OCH3 is 2. The van der Waals surface area contributed by atoms with Crippen LogP contribution in [0.2, 0.25) is 0 Å². The summed E-state index contributed by atoms with van der Waals surface area (Å²) < 4.78 is 10.9. The number of aryl methyl sites for hydroxylation is 1. The second-order valence-corrected chi connectivity index (χ2v) is 8.28. The zero-order valence-electron chi connectivity index (χ0n) is 18.3. The number of nitrogens with zero attached hydrogens (tertiary/aromatic N) is 4. The maximum atomic E-state index is 13.5. The third-order valence-electron chi connectivity index (χ3n) is 6.31. The molecule has 8 heteroatoms. The van der Waals surface area contributed by atoms with Gasteiger partial charge in [0.15, 0.2) is 11.5 Å². The van der Waals surface area contributed by atoms with Crippen molar-refractivity contribution < 1.29 is 19.1 Å². The molecule has 0 saturated carbocycles. The molecule has 0 unspecified atom stereocenters. The maximum absolute atomic E-state index is 13.5. The van der Waals surface area contributed by atoms with Crippen LogP contribution in [-0.2, 0) is 11.3 Å². The van der Waals surface area contributed by atoms with Crippen molar-refractivity contribution in [1.82, 2.24) is 19.8 Å². The average molecular weight is 425 g/mol. The quantitative estimate of drug-likeness (QED) is 0.733. The molecule has 2 fully saturated rings. The number of ether oxygens (including phenoxy) is 2. The van der Waals surface area contributed by atoms with Gasteiger partial charge in [-0.25, -0.2) is 4.98 Å². The van der Waals surface area contributed by atoms with Crippen LogP contribution in [0, 0.1) is 12.3 Å². The lowest BCUT2D eigenvalue weighted by Gasteiger charge is -2.39. The molecule has 0 aliphatic carbocycles. The van der Waals surface area contributed by atoms with Crippen LogP contribution < -0.4 is 9.47 Å². The first kappa shape index (κ1) is 21.1. The van der Waals surface area contributed by atoms with Gasteiger partial charge in [-0.15, -0.1) is 0 Å². The van der Waals surface area contributed by atoms with Crippen molar-refractivity contribution in [1.29, 1.82) is 0 Å². The molecular formula is C23H28N4O4. The van der Waals surface area contributed by atoms with Crippen LogP contribution in [0.15, 0.2) is 30.6 Å². The molecule has 1 aromatic heterocycles. The Bertz CT molecular complexity index is 978. The Hall–Kier alpha value is -3.16. The second kappa shape index (κ2) is 8.53. The van der Waals surface area contributed by atoms with Gasteiger partial charge < -0.3 is 19.3 Å². The summed E-state index contributed by atoms with van der Waals surface area (Å²) in [6, 6.07) is 5.70. The Labute approximate surface area is 182 Å². The number of amides is 2. The molecule has 0 bridgehead atoms. The highest BCUT2D eigenvalue weighted by Gasteiger charge is 2.49. The SMILES string of the molecule is COc1cccc(CN2CCC[C@@]3(CCN(C(=O)c4cnc(C)cn4)C3)C2=O)c1OC. The fraction of sp³-hybridized carbons (Fsp3) is 0.478. The lowest BCUT2D eigenvalue weighted by atomic mass is 9.78. The Morgan fingerprint density at radius 3 is 2.68 bits per heavy atom. The summed E-state index contributed by atoms with van der Waals surface area (Å²) in [5, 5.41) is 0. The molecule has 0 N–H and O–H groups in total. The molecular weight excluding hydrogens is 396 g/mol. The fourth-order valence-corrected chi connectivity index (χ4v) is 4.68. The summed E-state index contributed by atoms with van der Waals surface area (Å²) in [5.74, 6) is 1.24. The van der Waals surface area contributed by atoms with Gasteiger partial charge in [-0.3, -0.25) is 14.6 Å². The van der Waals surface area contributed by atoms with E-state index < -0.39 is 5.41 Å². The number of hydrogen-bond donors (Lipinski definition) is 0. The molecule has 2 amide bonds. The van der Waals surface area contributed by atoms with Crippen LogP contribution >= 0.6 is 0 Å². The Balaban J connectivity index is 1.50. The van der Waals surface area contributed by atoms with Crippen molar-refractivity contribution in [3.63, 3.8) is 0 Å². The van der Waals surface area contributed by atoms with Crippen molar-refractivity contribution >= 4 is 11.8 Å². The molecule has 4 rings (SSSR count). The van der Waals surface area contributed by atoms with E-state index >= 15 is 0 Å². The normalized spacial score (nSPS) is 20.9. The van der Waals surface area contributed by atoms with Crippen LogP contribution in [0.3, 0.4) is 0 Å². The van der Waals surface area contributed by atoms with Crippen molar-refractivity contribution in [2.45, 2.75) is 32.7 Å². The number of carbonyl (C=O) groups is 2. The largest absolute Gasteiger partial charge is 0.493 e. The fourth-order valence-electron chi connectivity index (χ4n) is 4.68. The lowest BCUT2D eigenvalue weighted by Crippen LogP contribution is -2.50. The lowest BCUT2D eigenvalue weighted by molar-refractivity contribution is -0.146. The minimum Gasteiger partial charge on any atom is -0.493 e. The van der Waals surface area contributed by atoms with E-state index in [-0.39, 0.29) is 11.8 Å². The first-order valence-electron chi connectivity index (χ1n) is 10.5. The molecule has 2 aliphatic heterocycles. The van der Waals surface area contributed by atoms with E-state index in [1.54, 1.807) is 25.3 Å². The Morgan fingerprint density at radius 2 is 1.97 bits per heavy atom. The summed E-state index contributed by atoms with van der Waals surface area (Å²) in [5.41, 5.74) is 1.47. The van der Waals surface area contributed by atoms with Crippen molar-refractivity contribution in [3.8, 4) is 11.5 Å². The molecule has 2 aliphatic rings. The highest BCUT2D eigenvalue weighted by Crippen LogP contribution is 2.41. The minimum atomic E-state index is -0.530. The maximum Gasteiger partial charge on any atom is 0.274 e. The highest BCUT2D eigenvalue weighted by atomic mass is 16.5. The molecule has 1 spiro atoms. The van der Waals surface area contributed by atoms with E-state index in [4.69, 9.17) is 9.47 Å². The summed E-state index contributed by atoms with van der Waals surface area (Å²) in [6.45, 7) is 3.96. The number of piperidine rings is 1. The molecule has 8 nitrogen and oxygen atoms in total. The zero-order valence-corrected chi connectivity index (χ0v) is 18.3. The molecule has 2 aromatic rings. The van der Waals surface area contributed by atoms with Crippen LogP contribution in [0.5, 0.6) is 11.5 Å². The predicted molar refractivity (Wildman–Crippen MR) is 114 cm³/mol. The number of likely N-dealkylation sites (tertiary alicyclic amines) is 2. The van der Waals surface area contributed by atoms with E-state index in [1.165, 1.54) is 6.20 Å². The monoisotopic (exact) mass is 424 g/mol. The average Bonchev–Trinajstić information content (AvgIpc) is 3.21. The van der Waals surface area contributed by atoms with Crippen LogP contribution in [0.1, 0.15) is 41.0 Å². The van der Waals surface area contributed by atoms with Gasteiger partial charge in [0.2, 0.25) is 5.91 Å². The number of benzene rings is 1. The van der Waals surface area contributed by atoms with Crippen LogP contribution in [-0.4, -0.2) is 65.4 Å². The van der Waals surface area contributed by atoms with Gasteiger partial charge >= 0.3 is 0 Å². The van der Waals surface area contributed by atoms with E-state index in [9.17, 15) is 9.59 Å². The van der Waals surface area contributed by atoms with Gasteiger partial charge in [0, 0.05) is 37.9 Å². The van der Waals surface area contributed by atoms with Crippen molar-refractivity contribution in [2.75, 3.05) is 33.9 Å². The predicted octanol–water partition coefficient (Wildman–Crippen LogP) is 2.46. The molecule has 3 heterocycles. The number of para-hydroxylation sites is 1. The third-order valence-corrected chi connectivity index (χ3v) is 6.31. The topological polar surface area (TPSA) is 84.9 Å². The van der Waals surface area contributed by atoms with Gasteiger partial charge in [0.25, 0.3) is 5.91 Å². The highest BCUT2D eigenvalue weighted by molar-refractivity contribution is 5.93. The van der Waals surface area contributed by atoms with Crippen molar-refractivity contribution in [2.24, 2.45) is 5.41 Å². The first-order valence-corrected chi connectivity index (χ1v) is 10.5. The summed E-state index contributed by atoms with van der Waals surface area (Å²) in [6.07, 6.45) is 5.47. The smallest absolute Gasteiger partial charge is 0.274 e. The van der Waals surface area contributed by atoms with E-state index in [0.717, 1.165) is 24.1 Å². The van der Waals surface area contributed by atoms with Crippen LogP contribution in [0.25, 0.3) is 0 Å². The Morgan fingerprint density at radius 1 is 1.13 bits per heavy atom. The molecule has 1 atom stereocenters. The number of hydrogen-bond acceptors (Lipinski definition) is 6. The standard InChI is InChI=1S/C23H28N4O4/c1-16-12-25-18(13-24-16)21(28)27-11-9-23(15-27)8-5-10-26(22(23)29)14-17-6-4-7-19(30-2)20(17)31-3/h4,6-7,12-13H,5,8-11,14-15H2,1-3H3/t23-/m0/s1. The summed E-state index contributed by atoms with van der Waals surface area (Å²) >= 11 is 0. The number of carbonyl (C=O) groups excluding carboxylic acids is 2. The summed E-state index contributed by atoms with van der Waals surface area (Å²) in [7, 11) is 3.21. The Kier molecular flexibility index (Phi) is 5.80. The molecule has 1 aromatic carbocycles. The van der Waals surface area contributed by atoms with Gasteiger partial charge in [0.1, 0.15) is 5.69 Å². The number of rotatable bonds is 5. The minimum absolute atomic E-state index is 0.105. The molecule has 2 saturated heterocycles. The van der Waals surface area contributed by atoms with Crippen LogP contribution in [0.4, 0.5) is 0 Å². The third kappa shape index (κ3) is 3.94. The van der Waals surface area contributed by atoms with Gasteiger partial charge in [0.05, 0.1) is 31.5 Å². The van der Waals surface area contributed by atoms with Gasteiger partial charge in [-0.05, 0) is 32.3 Å². The van der Waals surface area contributed by atoms with E-state index in [0.29, 0.717) is 49.8 Å². The second-order valence-electron chi connectivity index (χ2n) is 8.28. The number of aromatic nitrogens is 2. The van der Waals surface area contributed by atoms with E-state index in [2.05, 4.69) is 9.97 Å². The molecule has 31 heavy (non-hydrogen) atoms. The molecule has 164 valence electrons. The first-order chi connectivity index (χ1) is 15.0. The van der Waals surface area contributed by atoms with E-state index in [1.807, 2.05) is 30.0 Å². The van der Waals surface area contributed by atoms with Crippen molar-refractivity contribution in [3.05, 3.63) is 47.5 Å². The summed E-state index contributed by atoms with van der Waals surface area (Å²) in [4.78, 5) is 38.4. The zero-order chi connectivity index (χ0) is 22.0. The van der Waals surface area contributed by atoms with Gasteiger partial charge in [-0.1, -0.05) is 12.1 Å². The van der Waals surface area contributed by atoms with Gasteiger partial charge in [-0.2, -0.15) is 0 Å². The molecule has 0 radical (unpaired) electrons.